The number of nitrogens with zero attached hydrogens (tertiary/aromatic N) is 2. The van der Waals surface area contributed by atoms with E-state index in [1.165, 1.54) is 18.5 Å². The Labute approximate surface area is 109 Å². The second kappa shape index (κ2) is 8.08. The zero-order valence-electron chi connectivity index (χ0n) is 11.0. The molecule has 7 heteroatoms. The van der Waals surface area contributed by atoms with Crippen LogP contribution in [0.15, 0.2) is 0 Å². The summed E-state index contributed by atoms with van der Waals surface area (Å²) in [6, 6.07) is 0. The number of ether oxygens (including phenoxy) is 1. The summed E-state index contributed by atoms with van der Waals surface area (Å²) in [6.45, 7) is 2.32. The van der Waals surface area contributed by atoms with E-state index in [2.05, 4.69) is 10.7 Å². The van der Waals surface area contributed by atoms with Crippen molar-refractivity contribution in [2.24, 2.45) is 0 Å². The third kappa shape index (κ3) is 5.04. The molecule has 0 aliphatic carbocycles. The fourth-order valence-electron chi connectivity index (χ4n) is 1.29. The van der Waals surface area contributed by atoms with Crippen LogP contribution >= 0.6 is 0 Å². The molecular formula is C11H20N2O4S. The van der Waals surface area contributed by atoms with Crippen molar-refractivity contribution in [3.05, 3.63) is 0 Å². The van der Waals surface area contributed by atoms with Gasteiger partial charge in [0.05, 0.1) is 20.1 Å². The second-order valence-corrected chi connectivity index (χ2v) is 5.73. The number of methoxy groups -OCH3 is 1. The van der Waals surface area contributed by atoms with Gasteiger partial charge in [0, 0.05) is 20.1 Å². The Hall–Kier alpha value is -1.10. The minimum atomic E-state index is -3.61. The summed E-state index contributed by atoms with van der Waals surface area (Å²) in [5, 5.41) is 0. The zero-order valence-corrected chi connectivity index (χ0v) is 11.9. The molecule has 0 spiro atoms. The van der Waals surface area contributed by atoms with E-state index in [4.69, 9.17) is 6.42 Å². The fraction of sp³-hybridized carbons (Fsp3) is 0.727. The Balaban J connectivity index is 4.67. The van der Waals surface area contributed by atoms with Crippen LogP contribution in [-0.2, 0) is 19.7 Å². The van der Waals surface area contributed by atoms with Crippen LogP contribution in [0.3, 0.4) is 0 Å². The number of esters is 1. The molecule has 0 aromatic heterocycles. The van der Waals surface area contributed by atoms with E-state index in [9.17, 15) is 13.2 Å². The van der Waals surface area contributed by atoms with Crippen molar-refractivity contribution in [2.75, 3.05) is 33.8 Å². The highest BCUT2D eigenvalue weighted by Gasteiger charge is 2.25. The molecule has 0 aromatic rings. The van der Waals surface area contributed by atoms with Crippen LogP contribution in [0, 0.1) is 12.3 Å². The first-order valence-electron chi connectivity index (χ1n) is 5.61. The van der Waals surface area contributed by atoms with E-state index in [1.807, 2.05) is 6.92 Å². The quantitative estimate of drug-likeness (QED) is 0.465. The smallest absolute Gasteiger partial charge is 0.306 e. The molecule has 0 saturated carbocycles. The predicted octanol–water partition coefficient (Wildman–Crippen LogP) is 0.0713. The Bertz CT molecular complexity index is 400. The van der Waals surface area contributed by atoms with Crippen LogP contribution in [0.25, 0.3) is 0 Å². The van der Waals surface area contributed by atoms with Crippen molar-refractivity contribution in [2.45, 2.75) is 19.8 Å². The van der Waals surface area contributed by atoms with Gasteiger partial charge in [0.15, 0.2) is 0 Å². The van der Waals surface area contributed by atoms with Gasteiger partial charge < -0.3 is 4.74 Å². The number of hydrogen-bond acceptors (Lipinski definition) is 4. The summed E-state index contributed by atoms with van der Waals surface area (Å²) in [5.74, 6) is 1.87. The summed E-state index contributed by atoms with van der Waals surface area (Å²) in [4.78, 5) is 11.0. The zero-order chi connectivity index (χ0) is 14.2. The average Bonchev–Trinajstić information content (AvgIpc) is 2.34. The lowest BCUT2D eigenvalue weighted by molar-refractivity contribution is -0.140. The highest BCUT2D eigenvalue weighted by Crippen LogP contribution is 2.07. The molecule has 0 N–H and O–H groups in total. The van der Waals surface area contributed by atoms with Crippen molar-refractivity contribution in [3.63, 3.8) is 0 Å². The molecule has 0 radical (unpaired) electrons. The van der Waals surface area contributed by atoms with E-state index in [0.29, 0.717) is 13.0 Å². The van der Waals surface area contributed by atoms with Gasteiger partial charge in [0.1, 0.15) is 0 Å². The van der Waals surface area contributed by atoms with E-state index < -0.39 is 16.2 Å². The van der Waals surface area contributed by atoms with E-state index >= 15 is 0 Å². The molecule has 0 aromatic carbocycles. The van der Waals surface area contributed by atoms with E-state index in [0.717, 1.165) is 4.31 Å². The van der Waals surface area contributed by atoms with Crippen molar-refractivity contribution < 1.29 is 17.9 Å². The normalized spacial score (nSPS) is 11.6. The van der Waals surface area contributed by atoms with E-state index in [1.54, 1.807) is 0 Å². The van der Waals surface area contributed by atoms with E-state index in [-0.39, 0.29) is 19.5 Å². The highest BCUT2D eigenvalue weighted by atomic mass is 32.2. The predicted molar refractivity (Wildman–Crippen MR) is 68.9 cm³/mol. The van der Waals surface area contributed by atoms with Gasteiger partial charge in [-0.3, -0.25) is 4.79 Å². The molecule has 104 valence electrons. The topological polar surface area (TPSA) is 66.9 Å². The van der Waals surface area contributed by atoms with Crippen molar-refractivity contribution in [3.8, 4) is 12.3 Å². The highest BCUT2D eigenvalue weighted by molar-refractivity contribution is 7.86. The Kier molecular flexibility index (Phi) is 7.59. The number of rotatable bonds is 8. The molecule has 0 fully saturated rings. The summed E-state index contributed by atoms with van der Waals surface area (Å²) in [5.41, 5.74) is 0. The molecule has 0 amide bonds. The molecule has 0 saturated heterocycles. The lowest BCUT2D eigenvalue weighted by Crippen LogP contribution is -2.43. The first-order chi connectivity index (χ1) is 8.39. The maximum absolute atomic E-state index is 12.1. The summed E-state index contributed by atoms with van der Waals surface area (Å²) >= 11 is 0. The molecule has 0 aliphatic rings. The largest absolute Gasteiger partial charge is 0.469 e. The summed E-state index contributed by atoms with van der Waals surface area (Å²) in [7, 11) is -0.936. The molecule has 6 nitrogen and oxygen atoms in total. The molecule has 0 heterocycles. The standard InChI is InChI=1S/C11H20N2O4S/c1-5-8-13(9-6-2)18(15,16)12(3)10-7-11(14)17-4/h1H,6-10H2,2-4H3. The SMILES string of the molecule is C#CCN(CCC)S(=O)(=O)N(C)CCC(=O)OC. The van der Waals surface area contributed by atoms with Crippen LogP contribution in [0.1, 0.15) is 19.8 Å². The Morgan fingerprint density at radius 3 is 2.44 bits per heavy atom. The molecule has 0 aliphatic heterocycles. The maximum Gasteiger partial charge on any atom is 0.306 e. The third-order valence-corrected chi connectivity index (χ3v) is 4.25. The lowest BCUT2D eigenvalue weighted by atomic mass is 10.4. The molecule has 18 heavy (non-hydrogen) atoms. The monoisotopic (exact) mass is 276 g/mol. The van der Waals surface area contributed by atoms with Crippen LogP contribution in [-0.4, -0.2) is 56.8 Å². The van der Waals surface area contributed by atoms with Crippen LogP contribution in [0.2, 0.25) is 0 Å². The van der Waals surface area contributed by atoms with Gasteiger partial charge in [-0.15, -0.1) is 6.42 Å². The van der Waals surface area contributed by atoms with Gasteiger partial charge in [-0.25, -0.2) is 0 Å². The fourth-order valence-corrected chi connectivity index (χ4v) is 2.66. The minimum Gasteiger partial charge on any atom is -0.469 e. The molecular weight excluding hydrogens is 256 g/mol. The lowest BCUT2D eigenvalue weighted by Gasteiger charge is -2.25. The average molecular weight is 276 g/mol. The molecule has 0 unspecified atom stereocenters. The van der Waals surface area contributed by atoms with Gasteiger partial charge in [-0.05, 0) is 6.42 Å². The first-order valence-corrected chi connectivity index (χ1v) is 7.01. The van der Waals surface area contributed by atoms with Crippen molar-refractivity contribution in [1.29, 1.82) is 0 Å². The van der Waals surface area contributed by atoms with Crippen LogP contribution in [0.4, 0.5) is 0 Å². The minimum absolute atomic E-state index is 0.0161. The van der Waals surface area contributed by atoms with Gasteiger partial charge in [-0.1, -0.05) is 12.8 Å². The second-order valence-electron chi connectivity index (χ2n) is 3.69. The van der Waals surface area contributed by atoms with Crippen molar-refractivity contribution >= 4 is 16.2 Å². The van der Waals surface area contributed by atoms with Gasteiger partial charge >= 0.3 is 5.97 Å². The summed E-state index contributed by atoms with van der Waals surface area (Å²) in [6.07, 6.45) is 5.84. The van der Waals surface area contributed by atoms with Crippen LogP contribution < -0.4 is 0 Å². The van der Waals surface area contributed by atoms with Crippen molar-refractivity contribution in [1.82, 2.24) is 8.61 Å². The number of hydrogen-bond donors (Lipinski definition) is 0. The maximum atomic E-state index is 12.1. The number of terminal acetylenes is 1. The van der Waals surface area contributed by atoms with Gasteiger partial charge in [0.2, 0.25) is 0 Å². The van der Waals surface area contributed by atoms with Crippen LogP contribution in [0.5, 0.6) is 0 Å². The number of carbonyl (C=O) groups excluding carboxylic acids is 1. The van der Waals surface area contributed by atoms with Gasteiger partial charge in [-0.2, -0.15) is 17.0 Å². The molecule has 0 atom stereocenters. The third-order valence-electron chi connectivity index (χ3n) is 2.32. The molecule has 0 bridgehead atoms. The Morgan fingerprint density at radius 2 is 2.00 bits per heavy atom. The Morgan fingerprint density at radius 1 is 1.39 bits per heavy atom. The first kappa shape index (κ1) is 16.9. The van der Waals surface area contributed by atoms with Gasteiger partial charge in [0.25, 0.3) is 10.2 Å². The molecule has 0 rings (SSSR count). The number of carbonyl (C=O) groups is 1. The summed E-state index contributed by atoms with van der Waals surface area (Å²) < 4.78 is 31.0.